The Balaban J connectivity index is 1.38. The molecular weight excluding hydrogens is 312 g/mol. The van der Waals surface area contributed by atoms with Gasteiger partial charge in [-0.3, -0.25) is 9.80 Å². The van der Waals surface area contributed by atoms with Crippen molar-refractivity contribution >= 4 is 11.6 Å². The molecule has 2 unspecified atom stereocenters. The number of aliphatic hydroxyl groups is 1. The minimum absolute atomic E-state index is 0.126. The third kappa shape index (κ3) is 4.60. The van der Waals surface area contributed by atoms with Gasteiger partial charge < -0.3 is 9.84 Å². The van der Waals surface area contributed by atoms with Gasteiger partial charge in [0.25, 0.3) is 0 Å². The van der Waals surface area contributed by atoms with Crippen LogP contribution < -0.4 is 4.74 Å². The van der Waals surface area contributed by atoms with Gasteiger partial charge in [0.15, 0.2) is 0 Å². The molecule has 1 aliphatic heterocycles. The van der Waals surface area contributed by atoms with E-state index in [1.54, 1.807) is 0 Å². The molecule has 0 amide bonds. The van der Waals surface area contributed by atoms with Gasteiger partial charge in [-0.1, -0.05) is 36.6 Å². The van der Waals surface area contributed by atoms with E-state index in [2.05, 4.69) is 9.80 Å². The molecule has 2 atom stereocenters. The van der Waals surface area contributed by atoms with Gasteiger partial charge in [0, 0.05) is 38.8 Å². The zero-order valence-electron chi connectivity index (χ0n) is 13.7. The fraction of sp³-hybridized carbons (Fsp3) is 0.667. The quantitative estimate of drug-likeness (QED) is 0.895. The van der Waals surface area contributed by atoms with Crippen LogP contribution in [-0.4, -0.2) is 66.4 Å². The molecule has 1 aromatic rings. The first-order chi connectivity index (χ1) is 11.2. The maximum atomic E-state index is 10.2. The van der Waals surface area contributed by atoms with Crippen LogP contribution in [0.3, 0.4) is 0 Å². The fourth-order valence-corrected chi connectivity index (χ4v) is 3.87. The molecule has 0 aromatic heterocycles. The predicted octanol–water partition coefficient (Wildman–Crippen LogP) is 2.64. The van der Waals surface area contributed by atoms with Crippen molar-refractivity contribution in [2.75, 3.05) is 39.3 Å². The first kappa shape index (κ1) is 17.0. The topological polar surface area (TPSA) is 35.9 Å². The third-order valence-electron chi connectivity index (χ3n) is 5.07. The molecule has 1 N–H and O–H groups in total. The van der Waals surface area contributed by atoms with Gasteiger partial charge >= 0.3 is 0 Å². The van der Waals surface area contributed by atoms with E-state index in [9.17, 15) is 5.11 Å². The van der Waals surface area contributed by atoms with Gasteiger partial charge in [-0.25, -0.2) is 0 Å². The molecule has 1 saturated carbocycles. The van der Waals surface area contributed by atoms with Crippen LogP contribution in [0.5, 0.6) is 5.75 Å². The molecule has 2 fully saturated rings. The van der Waals surface area contributed by atoms with Crippen LogP contribution in [-0.2, 0) is 0 Å². The average Bonchev–Trinajstić information content (AvgIpc) is 2.58. The van der Waals surface area contributed by atoms with E-state index >= 15 is 0 Å². The van der Waals surface area contributed by atoms with E-state index in [1.165, 1.54) is 12.8 Å². The lowest BCUT2D eigenvalue weighted by molar-refractivity contribution is -0.00497. The fourth-order valence-electron chi connectivity index (χ4n) is 3.68. The Labute approximate surface area is 144 Å². The number of aliphatic hydroxyl groups excluding tert-OH is 1. The van der Waals surface area contributed by atoms with Crippen LogP contribution in [0, 0.1) is 0 Å². The Morgan fingerprint density at radius 3 is 2.57 bits per heavy atom. The Hall–Kier alpha value is -0.810. The highest BCUT2D eigenvalue weighted by molar-refractivity contribution is 6.32. The predicted molar refractivity (Wildman–Crippen MR) is 93.2 cm³/mol. The van der Waals surface area contributed by atoms with E-state index in [4.69, 9.17) is 16.3 Å². The lowest BCUT2D eigenvalue weighted by atomic mass is 9.91. The number of ether oxygens (including phenoxy) is 1. The van der Waals surface area contributed by atoms with Gasteiger partial charge in [0.2, 0.25) is 0 Å². The van der Waals surface area contributed by atoms with E-state index in [1.807, 2.05) is 24.3 Å². The molecule has 23 heavy (non-hydrogen) atoms. The average molecular weight is 339 g/mol. The summed E-state index contributed by atoms with van der Waals surface area (Å²) in [7, 11) is 0. The molecule has 3 rings (SSSR count). The van der Waals surface area contributed by atoms with E-state index in [0.29, 0.717) is 17.7 Å². The van der Waals surface area contributed by atoms with Crippen molar-refractivity contribution in [1.82, 2.24) is 9.80 Å². The molecule has 4 nitrogen and oxygen atoms in total. The van der Waals surface area contributed by atoms with Crippen molar-refractivity contribution in [2.24, 2.45) is 0 Å². The summed E-state index contributed by atoms with van der Waals surface area (Å²) in [6, 6.07) is 7.99. The van der Waals surface area contributed by atoms with Crippen molar-refractivity contribution in [2.45, 2.75) is 37.8 Å². The SMILES string of the molecule is OC1CCCCC1N1CCN(CCOc2ccccc2Cl)CC1. The Kier molecular flexibility index (Phi) is 6.17. The first-order valence-corrected chi connectivity index (χ1v) is 9.13. The molecule has 2 aliphatic rings. The maximum Gasteiger partial charge on any atom is 0.137 e. The van der Waals surface area contributed by atoms with Crippen molar-refractivity contribution < 1.29 is 9.84 Å². The number of halogens is 1. The van der Waals surface area contributed by atoms with Crippen molar-refractivity contribution in [3.05, 3.63) is 29.3 Å². The number of hydrogen-bond acceptors (Lipinski definition) is 4. The first-order valence-electron chi connectivity index (χ1n) is 8.76. The van der Waals surface area contributed by atoms with Gasteiger partial charge in [0.05, 0.1) is 11.1 Å². The van der Waals surface area contributed by atoms with Crippen molar-refractivity contribution in [3.63, 3.8) is 0 Å². The number of piperazine rings is 1. The Morgan fingerprint density at radius 2 is 1.83 bits per heavy atom. The second-order valence-corrected chi connectivity index (χ2v) is 6.98. The number of benzene rings is 1. The number of hydrogen-bond donors (Lipinski definition) is 1. The second-order valence-electron chi connectivity index (χ2n) is 6.58. The van der Waals surface area contributed by atoms with Crippen LogP contribution >= 0.6 is 11.6 Å². The Morgan fingerprint density at radius 1 is 1.09 bits per heavy atom. The van der Waals surface area contributed by atoms with Gasteiger partial charge in [-0.2, -0.15) is 0 Å². The zero-order chi connectivity index (χ0) is 16.1. The van der Waals surface area contributed by atoms with Crippen LogP contribution in [0.2, 0.25) is 5.02 Å². The molecule has 5 heteroatoms. The maximum absolute atomic E-state index is 10.2. The third-order valence-corrected chi connectivity index (χ3v) is 5.38. The van der Waals surface area contributed by atoms with Crippen LogP contribution in [0.25, 0.3) is 0 Å². The minimum Gasteiger partial charge on any atom is -0.491 e. The summed E-state index contributed by atoms with van der Waals surface area (Å²) in [5.74, 6) is 0.762. The summed E-state index contributed by atoms with van der Waals surface area (Å²) in [5.41, 5.74) is 0. The molecule has 1 heterocycles. The highest BCUT2D eigenvalue weighted by Crippen LogP contribution is 2.25. The summed E-state index contributed by atoms with van der Waals surface area (Å²) in [6.07, 6.45) is 4.43. The summed E-state index contributed by atoms with van der Waals surface area (Å²) >= 11 is 6.10. The summed E-state index contributed by atoms with van der Waals surface area (Å²) in [6.45, 7) is 5.79. The molecule has 1 saturated heterocycles. The lowest BCUT2D eigenvalue weighted by Gasteiger charge is -2.42. The molecule has 0 bridgehead atoms. The van der Waals surface area contributed by atoms with Crippen molar-refractivity contribution in [3.8, 4) is 5.75 Å². The molecular formula is C18H27ClN2O2. The summed E-state index contributed by atoms with van der Waals surface area (Å²) < 4.78 is 5.77. The number of nitrogens with zero attached hydrogens (tertiary/aromatic N) is 2. The largest absolute Gasteiger partial charge is 0.491 e. The van der Waals surface area contributed by atoms with E-state index in [0.717, 1.165) is 51.3 Å². The lowest BCUT2D eigenvalue weighted by Crippen LogP contribution is -2.54. The van der Waals surface area contributed by atoms with Gasteiger partial charge in [-0.05, 0) is 25.0 Å². The standard InChI is InChI=1S/C18H27ClN2O2/c19-15-5-1-4-8-18(15)23-14-13-20-9-11-21(12-10-20)16-6-2-3-7-17(16)22/h1,4-5,8,16-17,22H,2-3,6-7,9-14H2. The second kappa shape index (κ2) is 8.34. The molecule has 0 radical (unpaired) electrons. The highest BCUT2D eigenvalue weighted by atomic mass is 35.5. The van der Waals surface area contributed by atoms with E-state index < -0.39 is 0 Å². The minimum atomic E-state index is -0.126. The molecule has 0 spiro atoms. The van der Waals surface area contributed by atoms with Crippen LogP contribution in [0.1, 0.15) is 25.7 Å². The van der Waals surface area contributed by atoms with Crippen molar-refractivity contribution in [1.29, 1.82) is 0 Å². The molecule has 1 aromatic carbocycles. The molecule has 128 valence electrons. The Bertz CT molecular complexity index is 492. The van der Waals surface area contributed by atoms with E-state index in [-0.39, 0.29) is 6.10 Å². The highest BCUT2D eigenvalue weighted by Gasteiger charge is 2.30. The summed E-state index contributed by atoms with van der Waals surface area (Å²) in [5, 5.41) is 10.9. The normalized spacial score (nSPS) is 27.0. The zero-order valence-corrected chi connectivity index (χ0v) is 14.4. The molecule has 1 aliphatic carbocycles. The van der Waals surface area contributed by atoms with Crippen LogP contribution in [0.15, 0.2) is 24.3 Å². The van der Waals surface area contributed by atoms with Crippen LogP contribution in [0.4, 0.5) is 0 Å². The monoisotopic (exact) mass is 338 g/mol. The van der Waals surface area contributed by atoms with Gasteiger partial charge in [-0.15, -0.1) is 0 Å². The smallest absolute Gasteiger partial charge is 0.137 e. The number of para-hydroxylation sites is 1. The number of rotatable bonds is 5. The summed E-state index contributed by atoms with van der Waals surface area (Å²) in [4.78, 5) is 4.91. The van der Waals surface area contributed by atoms with Gasteiger partial charge in [0.1, 0.15) is 12.4 Å².